The maximum absolute atomic E-state index is 12.5. The molecule has 0 aliphatic carbocycles. The van der Waals surface area contributed by atoms with Crippen molar-refractivity contribution in [2.75, 3.05) is 6.54 Å². The van der Waals surface area contributed by atoms with Crippen LogP contribution in [0.4, 0.5) is 4.79 Å². The van der Waals surface area contributed by atoms with Crippen LogP contribution in [0, 0.1) is 5.92 Å². The summed E-state index contributed by atoms with van der Waals surface area (Å²) in [5, 5.41) is 9.44. The Morgan fingerprint density at radius 3 is 2.73 bits per heavy atom. The van der Waals surface area contributed by atoms with Gasteiger partial charge in [0.15, 0.2) is 6.10 Å². The molecule has 0 fully saturated rings. The van der Waals surface area contributed by atoms with Crippen molar-refractivity contribution in [3.63, 3.8) is 0 Å². The van der Waals surface area contributed by atoms with E-state index in [2.05, 4.69) is 15.8 Å². The highest BCUT2D eigenvalue weighted by Gasteiger charge is 2.28. The summed E-state index contributed by atoms with van der Waals surface area (Å²) in [5.41, 5.74) is 0.877. The normalized spacial score (nSPS) is 18.3. The van der Waals surface area contributed by atoms with E-state index in [1.165, 1.54) is 0 Å². The maximum atomic E-state index is 12.5. The predicted molar refractivity (Wildman–Crippen MR) is 98.8 cm³/mol. The molecule has 1 aliphatic rings. The molecule has 26 heavy (non-hydrogen) atoms. The third kappa shape index (κ3) is 6.22. The lowest BCUT2D eigenvalue weighted by Crippen LogP contribution is -2.51. The van der Waals surface area contributed by atoms with Crippen LogP contribution in [-0.4, -0.2) is 35.9 Å². The minimum Gasteiger partial charge on any atom is -0.445 e. The Labute approximate surface area is 158 Å². The Hall–Kier alpha value is -2.28. The number of ether oxygens (including phenoxy) is 1. The van der Waals surface area contributed by atoms with Crippen LogP contribution in [0.1, 0.15) is 32.3 Å². The average molecular weight is 382 g/mol. The molecule has 1 unspecified atom stereocenters. The van der Waals surface area contributed by atoms with Crippen molar-refractivity contribution < 1.29 is 19.2 Å². The summed E-state index contributed by atoms with van der Waals surface area (Å²) in [6.07, 6.45) is 0.278. The number of oxime groups is 1. The largest absolute Gasteiger partial charge is 0.445 e. The zero-order chi connectivity index (χ0) is 18.9. The molecule has 1 aromatic rings. The zero-order valence-corrected chi connectivity index (χ0v) is 15.7. The van der Waals surface area contributed by atoms with Crippen molar-refractivity contribution in [1.29, 1.82) is 0 Å². The second-order valence-corrected chi connectivity index (χ2v) is 6.65. The van der Waals surface area contributed by atoms with Gasteiger partial charge >= 0.3 is 6.09 Å². The number of nitrogens with zero attached hydrogens (tertiary/aromatic N) is 1. The predicted octanol–water partition coefficient (Wildman–Crippen LogP) is 2.78. The fourth-order valence-corrected chi connectivity index (χ4v) is 2.63. The first-order valence-electron chi connectivity index (χ1n) is 8.62. The molecule has 1 aromatic carbocycles. The van der Waals surface area contributed by atoms with Crippen LogP contribution in [0.3, 0.4) is 0 Å². The van der Waals surface area contributed by atoms with Crippen molar-refractivity contribution in [3.05, 3.63) is 35.9 Å². The summed E-state index contributed by atoms with van der Waals surface area (Å²) in [6.45, 7) is 4.27. The Kier molecular flexibility index (Phi) is 7.72. The van der Waals surface area contributed by atoms with Gasteiger partial charge in [0, 0.05) is 6.42 Å². The summed E-state index contributed by atoms with van der Waals surface area (Å²) < 4.78 is 5.20. The molecule has 7 nitrogen and oxygen atoms in total. The van der Waals surface area contributed by atoms with Crippen molar-refractivity contribution in [3.8, 4) is 0 Å². The third-order valence-corrected chi connectivity index (χ3v) is 4.41. The van der Waals surface area contributed by atoms with Crippen molar-refractivity contribution >= 4 is 28.8 Å². The van der Waals surface area contributed by atoms with Gasteiger partial charge in [-0.15, -0.1) is 0 Å². The van der Waals surface area contributed by atoms with Crippen LogP contribution in [0.15, 0.2) is 35.5 Å². The lowest BCUT2D eigenvalue weighted by atomic mass is 9.98. The number of hydrogen-bond acceptors (Lipinski definition) is 5. The summed E-state index contributed by atoms with van der Waals surface area (Å²) >= 11 is 5.75. The van der Waals surface area contributed by atoms with E-state index in [9.17, 15) is 9.59 Å². The molecule has 3 atom stereocenters. The van der Waals surface area contributed by atoms with Crippen LogP contribution in [0.5, 0.6) is 0 Å². The van der Waals surface area contributed by atoms with Gasteiger partial charge < -0.3 is 20.2 Å². The highest BCUT2D eigenvalue weighted by Crippen LogP contribution is 2.13. The minimum absolute atomic E-state index is 0.0522. The molecular weight excluding hydrogens is 358 g/mol. The lowest BCUT2D eigenvalue weighted by molar-refractivity contribution is -0.124. The number of carbonyl (C=O) groups is 2. The molecular formula is C18H24ClN3O4. The number of hydrogen-bond donors (Lipinski definition) is 2. The molecule has 0 saturated heterocycles. The van der Waals surface area contributed by atoms with Gasteiger partial charge in [-0.3, -0.25) is 4.79 Å². The Bertz CT molecular complexity index is 639. The molecule has 1 aliphatic heterocycles. The molecule has 2 amide bonds. The van der Waals surface area contributed by atoms with Gasteiger partial charge in [0.05, 0.1) is 6.54 Å². The average Bonchev–Trinajstić information content (AvgIpc) is 3.08. The van der Waals surface area contributed by atoms with Gasteiger partial charge in [0.25, 0.3) is 0 Å². The van der Waals surface area contributed by atoms with E-state index >= 15 is 0 Å². The Balaban J connectivity index is 1.83. The number of carbonyl (C=O) groups excluding carboxylic acids is 2. The summed E-state index contributed by atoms with van der Waals surface area (Å²) in [4.78, 5) is 29.6. The first-order valence-corrected chi connectivity index (χ1v) is 9.00. The minimum atomic E-state index is -0.693. The highest BCUT2D eigenvalue weighted by atomic mass is 35.5. The molecule has 2 rings (SSSR count). The smallest absolute Gasteiger partial charge is 0.408 e. The van der Waals surface area contributed by atoms with E-state index in [0.29, 0.717) is 11.6 Å². The van der Waals surface area contributed by atoms with Gasteiger partial charge in [-0.25, -0.2) is 4.79 Å². The summed E-state index contributed by atoms with van der Waals surface area (Å²) in [5.74, 6) is -0.341. The summed E-state index contributed by atoms with van der Waals surface area (Å²) in [6, 6.07) is 8.65. The fraction of sp³-hybridized carbons (Fsp3) is 0.500. The number of benzene rings is 1. The van der Waals surface area contributed by atoms with Crippen molar-refractivity contribution in [2.45, 2.75) is 45.4 Å². The van der Waals surface area contributed by atoms with Crippen LogP contribution >= 0.6 is 11.6 Å². The molecule has 0 bridgehead atoms. The molecule has 8 heteroatoms. The molecule has 142 valence electrons. The van der Waals surface area contributed by atoms with E-state index in [1.54, 1.807) is 0 Å². The quantitative estimate of drug-likeness (QED) is 0.724. The van der Waals surface area contributed by atoms with E-state index in [0.717, 1.165) is 12.0 Å². The second kappa shape index (κ2) is 10.0. The third-order valence-electron chi connectivity index (χ3n) is 4.18. The van der Waals surface area contributed by atoms with E-state index in [-0.39, 0.29) is 31.1 Å². The first kappa shape index (κ1) is 20.0. The van der Waals surface area contributed by atoms with E-state index in [4.69, 9.17) is 21.2 Å². The van der Waals surface area contributed by atoms with E-state index < -0.39 is 12.1 Å². The van der Waals surface area contributed by atoms with Crippen molar-refractivity contribution in [2.24, 2.45) is 11.1 Å². The number of nitrogens with one attached hydrogen (secondary N) is 2. The topological polar surface area (TPSA) is 89.0 Å². The van der Waals surface area contributed by atoms with Crippen LogP contribution in [-0.2, 0) is 21.0 Å². The van der Waals surface area contributed by atoms with Gasteiger partial charge in [-0.1, -0.05) is 67.4 Å². The van der Waals surface area contributed by atoms with Crippen LogP contribution in [0.25, 0.3) is 0 Å². The lowest BCUT2D eigenvalue weighted by Gasteiger charge is -2.23. The standard InChI is InChI=1S/C18H24ClN3O4/c1-3-12(2)16(17(23)20-10-14-9-15(19)22-26-14)21-18(24)25-11-13-7-5-4-6-8-13/h4-8,12,14,16H,3,9-11H2,1-2H3,(H,20,23)(H,21,24)/t12-,14?,16-/m0/s1. The molecule has 2 N–H and O–H groups in total. The van der Waals surface area contributed by atoms with Crippen LogP contribution in [0.2, 0.25) is 0 Å². The molecule has 0 aromatic heterocycles. The monoisotopic (exact) mass is 381 g/mol. The fourth-order valence-electron chi connectivity index (χ4n) is 2.42. The van der Waals surface area contributed by atoms with Gasteiger partial charge in [-0.2, -0.15) is 0 Å². The van der Waals surface area contributed by atoms with E-state index in [1.807, 2.05) is 44.2 Å². The van der Waals surface area contributed by atoms with Crippen molar-refractivity contribution in [1.82, 2.24) is 10.6 Å². The SMILES string of the molecule is CC[C@H](C)[C@H](NC(=O)OCc1ccccc1)C(=O)NCC1CC(Cl)=NO1. The first-order chi connectivity index (χ1) is 12.5. The summed E-state index contributed by atoms with van der Waals surface area (Å²) in [7, 11) is 0. The molecule has 1 heterocycles. The molecule has 0 radical (unpaired) electrons. The van der Waals surface area contributed by atoms with Gasteiger partial charge in [0.2, 0.25) is 5.91 Å². The number of rotatable bonds is 8. The van der Waals surface area contributed by atoms with Crippen LogP contribution < -0.4 is 10.6 Å². The number of halogens is 1. The second-order valence-electron chi connectivity index (χ2n) is 6.21. The highest BCUT2D eigenvalue weighted by molar-refractivity contribution is 6.65. The molecule has 0 spiro atoms. The van der Waals surface area contributed by atoms with Gasteiger partial charge in [-0.05, 0) is 11.5 Å². The maximum Gasteiger partial charge on any atom is 0.408 e. The number of alkyl carbamates (subject to hydrolysis) is 1. The number of amides is 2. The zero-order valence-electron chi connectivity index (χ0n) is 14.9. The van der Waals surface area contributed by atoms with Gasteiger partial charge in [0.1, 0.15) is 17.8 Å². The Morgan fingerprint density at radius 2 is 2.12 bits per heavy atom. The molecule has 0 saturated carbocycles. The Morgan fingerprint density at radius 1 is 1.38 bits per heavy atom.